The van der Waals surface area contributed by atoms with Gasteiger partial charge in [0.15, 0.2) is 0 Å². The van der Waals surface area contributed by atoms with Crippen LogP contribution in [0.1, 0.15) is 29.7 Å². The third-order valence-electron chi connectivity index (χ3n) is 5.24. The summed E-state index contributed by atoms with van der Waals surface area (Å²) in [5, 5.41) is 7.53. The van der Waals surface area contributed by atoms with Gasteiger partial charge in [0.2, 0.25) is 6.41 Å². The van der Waals surface area contributed by atoms with Crippen LogP contribution in [0, 0.1) is 6.92 Å². The number of likely N-dealkylation sites (N-methyl/N-ethyl adjacent to an activating group) is 1. The number of aryl methyl sites for hydroxylation is 1. The molecule has 1 N–H and O–H groups in total. The lowest BCUT2D eigenvalue weighted by Gasteiger charge is -2.37. The van der Waals surface area contributed by atoms with E-state index in [0.717, 1.165) is 28.3 Å². The van der Waals surface area contributed by atoms with Crippen molar-refractivity contribution in [2.75, 3.05) is 11.4 Å². The molecule has 0 unspecified atom stereocenters. The predicted molar refractivity (Wildman–Crippen MR) is 108 cm³/mol. The number of nitrogens with zero attached hydrogens (tertiary/aromatic N) is 3. The Balaban J connectivity index is 1.99. The summed E-state index contributed by atoms with van der Waals surface area (Å²) in [6.45, 7) is 4.37. The molecule has 28 heavy (non-hydrogen) atoms. The van der Waals surface area contributed by atoms with Crippen LogP contribution in [0.5, 0.6) is 0 Å². The molecule has 3 aromatic rings. The minimum atomic E-state index is -0.667. The molecule has 0 saturated heterocycles. The number of hydrogen-bond donors (Lipinski definition) is 1. The number of aromatic nitrogens is 2. The lowest BCUT2D eigenvalue weighted by Crippen LogP contribution is -2.53. The number of anilines is 1. The monoisotopic (exact) mass is 374 g/mol. The largest absolute Gasteiger partial charge is 0.346 e. The summed E-state index contributed by atoms with van der Waals surface area (Å²) in [5.41, 5.74) is 3.68. The van der Waals surface area contributed by atoms with Crippen LogP contribution in [0.4, 0.5) is 5.82 Å². The fourth-order valence-electron chi connectivity index (χ4n) is 4.05. The number of carbonyl (C=O) groups is 2. The Morgan fingerprint density at radius 3 is 2.32 bits per heavy atom. The fourth-order valence-corrected chi connectivity index (χ4v) is 4.05. The maximum Gasteiger partial charge on any atom is 0.251 e. The van der Waals surface area contributed by atoms with Gasteiger partial charge in [0.1, 0.15) is 11.9 Å². The van der Waals surface area contributed by atoms with Gasteiger partial charge in [-0.15, -0.1) is 0 Å². The van der Waals surface area contributed by atoms with Crippen LogP contribution < -0.4 is 10.2 Å². The van der Waals surface area contributed by atoms with E-state index < -0.39 is 6.04 Å². The molecule has 4 rings (SSSR count). The molecule has 2 heterocycles. The van der Waals surface area contributed by atoms with E-state index in [4.69, 9.17) is 5.10 Å². The van der Waals surface area contributed by atoms with Gasteiger partial charge in [-0.05, 0) is 31.5 Å². The smallest absolute Gasteiger partial charge is 0.251 e. The van der Waals surface area contributed by atoms with E-state index in [9.17, 15) is 9.59 Å². The highest BCUT2D eigenvalue weighted by atomic mass is 16.2. The van der Waals surface area contributed by atoms with Crippen molar-refractivity contribution in [1.82, 2.24) is 15.1 Å². The van der Waals surface area contributed by atoms with Crippen LogP contribution >= 0.6 is 0 Å². The summed E-state index contributed by atoms with van der Waals surface area (Å²) in [6, 6.07) is 18.9. The minimum Gasteiger partial charge on any atom is -0.346 e. The van der Waals surface area contributed by atoms with Crippen molar-refractivity contribution in [3.8, 4) is 5.69 Å². The first-order chi connectivity index (χ1) is 13.7. The van der Waals surface area contributed by atoms with Crippen molar-refractivity contribution in [2.45, 2.75) is 25.8 Å². The number of nitrogens with one attached hydrogen (secondary N) is 1. The van der Waals surface area contributed by atoms with Gasteiger partial charge < -0.3 is 5.32 Å². The zero-order valence-corrected chi connectivity index (χ0v) is 15.9. The molecule has 1 aliphatic rings. The Morgan fingerprint density at radius 2 is 1.71 bits per heavy atom. The number of para-hydroxylation sites is 1. The minimum absolute atomic E-state index is 0.131. The Morgan fingerprint density at radius 1 is 1.07 bits per heavy atom. The summed E-state index contributed by atoms with van der Waals surface area (Å²) in [4.78, 5) is 26.4. The van der Waals surface area contributed by atoms with Crippen molar-refractivity contribution < 1.29 is 9.59 Å². The van der Waals surface area contributed by atoms with E-state index in [0.29, 0.717) is 13.0 Å². The molecule has 2 aromatic carbocycles. The van der Waals surface area contributed by atoms with Gasteiger partial charge in [-0.25, -0.2) is 4.68 Å². The van der Waals surface area contributed by atoms with Crippen LogP contribution in [0.2, 0.25) is 0 Å². The summed E-state index contributed by atoms with van der Waals surface area (Å²) in [5.74, 6) is 0.344. The average molecular weight is 374 g/mol. The van der Waals surface area contributed by atoms with Crippen molar-refractivity contribution in [3.63, 3.8) is 0 Å². The van der Waals surface area contributed by atoms with Gasteiger partial charge in [-0.1, -0.05) is 48.5 Å². The summed E-state index contributed by atoms with van der Waals surface area (Å²) in [7, 11) is 0. The second-order valence-electron chi connectivity index (χ2n) is 6.80. The molecular weight excluding hydrogens is 352 g/mol. The standard InChI is InChI=1S/C22H22N4O2/c1-3-25-21-18(15(2)24-26(21)17-12-8-5-9-13-17)19(16-10-6-4-7-11-16)20(22(25)28)23-14-27/h4-14,19-20H,3H2,1-2H3,(H,23,27)/t19-,20+/m0/s1. The number of benzene rings is 2. The highest BCUT2D eigenvalue weighted by molar-refractivity contribution is 6.02. The zero-order chi connectivity index (χ0) is 19.7. The van der Waals surface area contributed by atoms with Crippen molar-refractivity contribution in [3.05, 3.63) is 77.5 Å². The summed E-state index contributed by atoms with van der Waals surface area (Å²) in [6.07, 6.45) is 0.605. The predicted octanol–water partition coefficient (Wildman–Crippen LogP) is 2.79. The highest BCUT2D eigenvalue weighted by Crippen LogP contribution is 2.42. The van der Waals surface area contributed by atoms with Crippen molar-refractivity contribution in [1.29, 1.82) is 0 Å². The van der Waals surface area contributed by atoms with Crippen LogP contribution in [0.25, 0.3) is 5.69 Å². The molecular formula is C22H22N4O2. The first-order valence-electron chi connectivity index (χ1n) is 9.38. The first-order valence-corrected chi connectivity index (χ1v) is 9.38. The van der Waals surface area contributed by atoms with Gasteiger partial charge in [0, 0.05) is 18.0 Å². The van der Waals surface area contributed by atoms with Crippen LogP contribution in [-0.2, 0) is 9.59 Å². The summed E-state index contributed by atoms with van der Waals surface area (Å²) >= 11 is 0. The molecule has 0 radical (unpaired) electrons. The van der Waals surface area contributed by atoms with Gasteiger partial charge >= 0.3 is 0 Å². The van der Waals surface area contributed by atoms with E-state index in [-0.39, 0.29) is 11.8 Å². The third-order valence-corrected chi connectivity index (χ3v) is 5.24. The number of carbonyl (C=O) groups excluding carboxylic acids is 2. The van der Waals surface area contributed by atoms with E-state index in [2.05, 4.69) is 5.32 Å². The van der Waals surface area contributed by atoms with E-state index in [1.54, 1.807) is 4.90 Å². The molecule has 0 spiro atoms. The van der Waals surface area contributed by atoms with E-state index in [1.807, 2.05) is 79.2 Å². The van der Waals surface area contributed by atoms with Crippen LogP contribution in [0.3, 0.4) is 0 Å². The zero-order valence-electron chi connectivity index (χ0n) is 15.9. The summed E-state index contributed by atoms with van der Waals surface area (Å²) < 4.78 is 1.83. The Kier molecular flexibility index (Phi) is 4.69. The number of hydrogen-bond acceptors (Lipinski definition) is 3. The molecule has 1 aromatic heterocycles. The second kappa shape index (κ2) is 7.31. The quantitative estimate of drug-likeness (QED) is 0.699. The molecule has 0 saturated carbocycles. The molecule has 0 bridgehead atoms. The van der Waals surface area contributed by atoms with Crippen molar-refractivity contribution >= 4 is 18.1 Å². The second-order valence-corrected chi connectivity index (χ2v) is 6.80. The maximum absolute atomic E-state index is 13.3. The number of rotatable bonds is 5. The molecule has 1 aliphatic heterocycles. The molecule has 6 heteroatoms. The normalized spacial score (nSPS) is 18.6. The van der Waals surface area contributed by atoms with Crippen LogP contribution in [-0.4, -0.2) is 34.7 Å². The average Bonchev–Trinajstić information content (AvgIpc) is 3.07. The van der Waals surface area contributed by atoms with Gasteiger partial charge in [-0.3, -0.25) is 14.5 Å². The molecule has 0 aliphatic carbocycles. The molecule has 2 amide bonds. The lowest BCUT2D eigenvalue weighted by molar-refractivity contribution is -0.123. The van der Waals surface area contributed by atoms with Crippen LogP contribution in [0.15, 0.2) is 60.7 Å². The number of amides is 2. The molecule has 2 atom stereocenters. The Bertz CT molecular complexity index is 998. The lowest BCUT2D eigenvalue weighted by atomic mass is 9.81. The molecule has 142 valence electrons. The SMILES string of the molecule is CCN1C(=O)[C@H](NC=O)[C@@H](c2ccccc2)c2c(C)nn(-c3ccccc3)c21. The van der Waals surface area contributed by atoms with Gasteiger partial charge in [0.25, 0.3) is 5.91 Å². The highest BCUT2D eigenvalue weighted by Gasteiger charge is 2.44. The molecule has 0 fully saturated rings. The molecule has 6 nitrogen and oxygen atoms in total. The van der Waals surface area contributed by atoms with E-state index in [1.165, 1.54) is 0 Å². The topological polar surface area (TPSA) is 67.2 Å². The van der Waals surface area contributed by atoms with Crippen molar-refractivity contribution in [2.24, 2.45) is 0 Å². The fraction of sp³-hybridized carbons (Fsp3) is 0.227. The van der Waals surface area contributed by atoms with Gasteiger partial charge in [0.05, 0.1) is 11.4 Å². The Hall–Kier alpha value is -3.41. The first kappa shape index (κ1) is 18.0. The van der Waals surface area contributed by atoms with Gasteiger partial charge in [-0.2, -0.15) is 5.10 Å². The number of fused-ring (bicyclic) bond motifs is 1. The third kappa shape index (κ3) is 2.78. The van der Waals surface area contributed by atoms with E-state index >= 15 is 0 Å². The Labute approximate surface area is 163 Å². The maximum atomic E-state index is 13.3.